The number of rotatable bonds is 0. The Labute approximate surface area is 81.1 Å². The van der Waals surface area contributed by atoms with Gasteiger partial charge in [-0.1, -0.05) is 38.5 Å². The lowest BCUT2D eigenvalue weighted by Gasteiger charge is -2.05. The minimum atomic E-state index is -5.84. The van der Waals surface area contributed by atoms with E-state index in [-0.39, 0.29) is 0 Å². The number of hydrogen-bond acceptors (Lipinski definition) is 2. The maximum atomic E-state index is 10.7. The minimum Gasteiger partial charge on any atom is -0.279 e. The molecule has 3 nitrogen and oxygen atoms in total. The first-order valence-electron chi connectivity index (χ1n) is 4.29. The molecule has 0 bridgehead atoms. The topological polar surface area (TPSA) is 54.4 Å². The van der Waals surface area contributed by atoms with Gasteiger partial charge in [0.05, 0.1) is 0 Å². The molecular formula is C7H13F3O3S. The standard InChI is InChI=1S/C6H12.CHF3O3S/c1-2-4-6-5-3-1;2-1(3,4)8(5,6)7/h1-6H2;(H,5,6,7). The van der Waals surface area contributed by atoms with Crippen LogP contribution in [0, 0.1) is 0 Å². The third kappa shape index (κ3) is 6.20. The number of alkyl halides is 3. The average molecular weight is 234 g/mol. The second-order valence-electron chi connectivity index (χ2n) is 3.04. The maximum absolute atomic E-state index is 10.7. The normalized spacial score (nSPS) is 18.3. The fourth-order valence-electron chi connectivity index (χ4n) is 1.06. The van der Waals surface area contributed by atoms with Crippen molar-refractivity contribution in [2.24, 2.45) is 0 Å². The highest BCUT2D eigenvalue weighted by molar-refractivity contribution is 7.86. The Kier molecular flexibility index (Phi) is 5.43. The van der Waals surface area contributed by atoms with Crippen LogP contribution in [0.15, 0.2) is 0 Å². The first-order valence-corrected chi connectivity index (χ1v) is 5.73. The first kappa shape index (κ1) is 13.7. The summed E-state index contributed by atoms with van der Waals surface area (Å²) in [6.07, 6.45) is 9.00. The molecule has 0 heterocycles. The molecule has 14 heavy (non-hydrogen) atoms. The van der Waals surface area contributed by atoms with Gasteiger partial charge >= 0.3 is 15.6 Å². The van der Waals surface area contributed by atoms with Crippen molar-refractivity contribution in [2.75, 3.05) is 0 Å². The SMILES string of the molecule is C1CCCCC1.O=S(=O)(O)C(F)(F)F. The van der Waals surface area contributed by atoms with E-state index in [1.54, 1.807) is 0 Å². The third-order valence-electron chi connectivity index (χ3n) is 1.79. The smallest absolute Gasteiger partial charge is 0.279 e. The molecule has 0 aromatic rings. The summed E-state index contributed by atoms with van der Waals surface area (Å²) in [4.78, 5) is 0. The number of halogens is 3. The van der Waals surface area contributed by atoms with Crippen molar-refractivity contribution in [3.8, 4) is 0 Å². The quantitative estimate of drug-likeness (QED) is 0.518. The summed E-state index contributed by atoms with van der Waals surface area (Å²) in [5.74, 6) is 0. The lowest BCUT2D eigenvalue weighted by Crippen LogP contribution is -2.21. The molecule has 86 valence electrons. The Morgan fingerprint density at radius 2 is 1.00 bits per heavy atom. The van der Waals surface area contributed by atoms with Gasteiger partial charge in [0.25, 0.3) is 0 Å². The van der Waals surface area contributed by atoms with Crippen LogP contribution >= 0.6 is 0 Å². The molecule has 1 aliphatic rings. The lowest BCUT2D eigenvalue weighted by molar-refractivity contribution is -0.0510. The summed E-state index contributed by atoms with van der Waals surface area (Å²) in [5.41, 5.74) is -5.53. The van der Waals surface area contributed by atoms with Gasteiger partial charge in [-0.3, -0.25) is 4.55 Å². The van der Waals surface area contributed by atoms with Crippen molar-refractivity contribution in [3.63, 3.8) is 0 Å². The second-order valence-corrected chi connectivity index (χ2v) is 4.46. The van der Waals surface area contributed by atoms with E-state index in [1.807, 2.05) is 0 Å². The Morgan fingerprint density at radius 3 is 1.07 bits per heavy atom. The molecule has 1 rings (SSSR count). The van der Waals surface area contributed by atoms with E-state index in [1.165, 1.54) is 38.5 Å². The van der Waals surface area contributed by atoms with E-state index in [4.69, 9.17) is 13.0 Å². The largest absolute Gasteiger partial charge is 0.522 e. The predicted molar refractivity (Wildman–Crippen MR) is 45.3 cm³/mol. The van der Waals surface area contributed by atoms with Gasteiger partial charge in [0.15, 0.2) is 0 Å². The van der Waals surface area contributed by atoms with Crippen LogP contribution in [0.25, 0.3) is 0 Å². The zero-order valence-corrected chi connectivity index (χ0v) is 8.36. The Hall–Kier alpha value is -0.300. The average Bonchev–Trinajstić information content (AvgIpc) is 2.05. The van der Waals surface area contributed by atoms with E-state index in [2.05, 4.69) is 0 Å². The fraction of sp³-hybridized carbons (Fsp3) is 1.00. The molecular weight excluding hydrogens is 221 g/mol. The molecule has 0 amide bonds. The molecule has 1 fully saturated rings. The van der Waals surface area contributed by atoms with Crippen LogP contribution < -0.4 is 0 Å². The van der Waals surface area contributed by atoms with E-state index in [9.17, 15) is 13.2 Å². The van der Waals surface area contributed by atoms with Crippen molar-refractivity contribution >= 4 is 10.1 Å². The number of hydrogen-bond donors (Lipinski definition) is 1. The highest BCUT2D eigenvalue weighted by Crippen LogP contribution is 2.20. The van der Waals surface area contributed by atoms with Crippen molar-refractivity contribution in [1.29, 1.82) is 0 Å². The van der Waals surface area contributed by atoms with Gasteiger partial charge in [-0.15, -0.1) is 0 Å². The molecule has 1 aliphatic carbocycles. The fourth-order valence-corrected chi connectivity index (χ4v) is 1.06. The maximum Gasteiger partial charge on any atom is 0.522 e. The molecule has 1 saturated carbocycles. The van der Waals surface area contributed by atoms with Gasteiger partial charge in [-0.05, 0) is 0 Å². The predicted octanol–water partition coefficient (Wildman–Crippen LogP) is 2.73. The minimum absolute atomic E-state index is 1.50. The summed E-state index contributed by atoms with van der Waals surface area (Å²) in [6.45, 7) is 0. The summed E-state index contributed by atoms with van der Waals surface area (Å²) in [5, 5.41) is 0. The van der Waals surface area contributed by atoms with E-state index in [0.29, 0.717) is 0 Å². The van der Waals surface area contributed by atoms with Crippen LogP contribution in [0.4, 0.5) is 13.2 Å². The van der Waals surface area contributed by atoms with Crippen molar-refractivity contribution in [2.45, 2.75) is 44.0 Å². The van der Waals surface area contributed by atoms with Gasteiger partial charge in [0.1, 0.15) is 0 Å². The summed E-state index contributed by atoms with van der Waals surface area (Å²) in [6, 6.07) is 0. The highest BCUT2D eigenvalue weighted by Gasteiger charge is 2.44. The van der Waals surface area contributed by atoms with Gasteiger partial charge < -0.3 is 0 Å². The highest BCUT2D eigenvalue weighted by atomic mass is 32.2. The summed E-state index contributed by atoms with van der Waals surface area (Å²) in [7, 11) is -5.84. The molecule has 0 radical (unpaired) electrons. The van der Waals surface area contributed by atoms with Gasteiger partial charge in [-0.2, -0.15) is 21.6 Å². The van der Waals surface area contributed by atoms with Crippen LogP contribution in [0.5, 0.6) is 0 Å². The molecule has 0 saturated heterocycles. The van der Waals surface area contributed by atoms with E-state index >= 15 is 0 Å². The summed E-state index contributed by atoms with van der Waals surface area (Å²) >= 11 is 0. The molecule has 0 unspecified atom stereocenters. The molecule has 0 aliphatic heterocycles. The Morgan fingerprint density at radius 1 is 0.857 bits per heavy atom. The van der Waals surface area contributed by atoms with E-state index in [0.717, 1.165) is 0 Å². The lowest BCUT2D eigenvalue weighted by atomic mass is 10.0. The van der Waals surface area contributed by atoms with Crippen LogP contribution in [0.2, 0.25) is 0 Å². The first-order chi connectivity index (χ1) is 6.25. The molecule has 7 heteroatoms. The molecule has 0 atom stereocenters. The van der Waals surface area contributed by atoms with Gasteiger partial charge in [-0.25, -0.2) is 0 Å². The van der Waals surface area contributed by atoms with Gasteiger partial charge in [0.2, 0.25) is 0 Å². The summed E-state index contributed by atoms with van der Waals surface area (Å²) < 4.78 is 57.5. The van der Waals surface area contributed by atoms with Gasteiger partial charge in [0, 0.05) is 0 Å². The van der Waals surface area contributed by atoms with Crippen LogP contribution in [-0.2, 0) is 10.1 Å². The van der Waals surface area contributed by atoms with Crippen molar-refractivity contribution < 1.29 is 26.1 Å². The zero-order chi connectivity index (χ0) is 11.2. The van der Waals surface area contributed by atoms with Crippen LogP contribution in [-0.4, -0.2) is 18.5 Å². The Bertz CT molecular complexity index is 230. The molecule has 0 aromatic heterocycles. The zero-order valence-electron chi connectivity index (χ0n) is 7.55. The molecule has 1 N–H and O–H groups in total. The third-order valence-corrected chi connectivity index (χ3v) is 2.38. The van der Waals surface area contributed by atoms with E-state index < -0.39 is 15.6 Å². The van der Waals surface area contributed by atoms with Crippen LogP contribution in [0.3, 0.4) is 0 Å². The molecule has 0 aromatic carbocycles. The van der Waals surface area contributed by atoms with Crippen LogP contribution in [0.1, 0.15) is 38.5 Å². The molecule has 0 spiro atoms. The second kappa shape index (κ2) is 5.55. The van der Waals surface area contributed by atoms with Crippen molar-refractivity contribution in [3.05, 3.63) is 0 Å². The van der Waals surface area contributed by atoms with Crippen molar-refractivity contribution in [1.82, 2.24) is 0 Å². The Balaban J connectivity index is 0.000000249. The monoisotopic (exact) mass is 234 g/mol.